The van der Waals surface area contributed by atoms with Crippen LogP contribution in [-0.4, -0.2) is 9.13 Å². The van der Waals surface area contributed by atoms with E-state index in [1.54, 1.807) is 0 Å². The molecule has 0 bridgehead atoms. The highest BCUT2D eigenvalue weighted by molar-refractivity contribution is 6.14. The van der Waals surface area contributed by atoms with Crippen LogP contribution in [0.2, 0.25) is 0 Å². The van der Waals surface area contributed by atoms with Crippen LogP contribution in [-0.2, 0) is 49.4 Å². The monoisotopic (exact) mass is 1380 g/mol. The van der Waals surface area contributed by atoms with Crippen LogP contribution in [0.3, 0.4) is 0 Å². The first-order valence-corrected chi connectivity index (χ1v) is 27.9. The molecule has 0 saturated heterocycles. The van der Waals surface area contributed by atoms with Gasteiger partial charge in [0.15, 0.2) is 0 Å². The van der Waals surface area contributed by atoms with E-state index < -0.39 is 133 Å². The fraction of sp³-hybridized carbons (Fsp3) is 0.114. The molecule has 0 aliphatic rings. The summed E-state index contributed by atoms with van der Waals surface area (Å²) in [6.07, 6.45) is -43.1. The number of hydrogen-bond acceptors (Lipinski definition) is 2. The number of halogens is 24. The third kappa shape index (κ3) is 12.4. The van der Waals surface area contributed by atoms with Gasteiger partial charge >= 0.3 is 49.4 Å². The Morgan fingerprint density at radius 3 is 0.776 bits per heavy atom. The molecule has 2 aromatic heterocycles. The van der Waals surface area contributed by atoms with Crippen molar-refractivity contribution in [1.29, 1.82) is 10.5 Å². The van der Waals surface area contributed by atoms with Crippen molar-refractivity contribution in [1.82, 2.24) is 9.13 Å². The van der Waals surface area contributed by atoms with Gasteiger partial charge in [-0.15, -0.1) is 0 Å². The van der Waals surface area contributed by atoms with Crippen molar-refractivity contribution in [3.05, 3.63) is 238 Å². The van der Waals surface area contributed by atoms with E-state index in [1.807, 2.05) is 6.07 Å². The van der Waals surface area contributed by atoms with Crippen molar-refractivity contribution in [2.24, 2.45) is 0 Å². The normalized spacial score (nSPS) is 13.1. The van der Waals surface area contributed by atoms with Gasteiger partial charge < -0.3 is 9.13 Å². The van der Waals surface area contributed by atoms with Gasteiger partial charge in [0.05, 0.1) is 89.6 Å². The number of fused-ring (bicyclic) bond motifs is 6. The molecule has 0 radical (unpaired) electrons. The average molecular weight is 1380 g/mol. The van der Waals surface area contributed by atoms with Crippen LogP contribution >= 0.6 is 0 Å². The Morgan fingerprint density at radius 1 is 0.245 bits per heavy atom. The largest absolute Gasteiger partial charge is 0.416 e. The van der Waals surface area contributed by atoms with Crippen LogP contribution in [0.4, 0.5) is 105 Å². The van der Waals surface area contributed by atoms with E-state index in [0.717, 1.165) is 72.8 Å². The lowest BCUT2D eigenvalue weighted by Gasteiger charge is -2.20. The van der Waals surface area contributed by atoms with Crippen LogP contribution in [0.25, 0.3) is 111 Å². The maximum Gasteiger partial charge on any atom is 0.416 e. The molecule has 10 aromatic carbocycles. The zero-order chi connectivity index (χ0) is 71.1. The molecule has 12 rings (SSSR count). The Balaban J connectivity index is 1.21. The van der Waals surface area contributed by atoms with Crippen LogP contribution in [0.15, 0.2) is 182 Å². The van der Waals surface area contributed by atoms with Crippen LogP contribution < -0.4 is 0 Å². The van der Waals surface area contributed by atoms with Gasteiger partial charge in [0.1, 0.15) is 11.6 Å². The van der Waals surface area contributed by atoms with Gasteiger partial charge in [0.25, 0.3) is 0 Å². The summed E-state index contributed by atoms with van der Waals surface area (Å²) in [5.41, 5.74) is -20.0. The highest BCUT2D eigenvalue weighted by atomic mass is 19.4. The highest BCUT2D eigenvalue weighted by Crippen LogP contribution is 2.49. The summed E-state index contributed by atoms with van der Waals surface area (Å²) in [5, 5.41) is 21.1. The summed E-state index contributed by atoms with van der Waals surface area (Å²) in [6.45, 7) is 0. The number of nitrogens with zero attached hydrogens (tertiary/aromatic N) is 4. The van der Waals surface area contributed by atoms with Crippen molar-refractivity contribution < 1.29 is 105 Å². The summed E-state index contributed by atoms with van der Waals surface area (Å²) in [6, 6.07) is 27.5. The first-order chi connectivity index (χ1) is 45.5. The van der Waals surface area contributed by atoms with Crippen molar-refractivity contribution >= 4 is 43.6 Å². The fourth-order valence-corrected chi connectivity index (χ4v) is 11.9. The third-order valence-corrected chi connectivity index (χ3v) is 16.2. The summed E-state index contributed by atoms with van der Waals surface area (Å²) in [5.74, 6) is 0. The number of alkyl halides is 24. The van der Waals surface area contributed by atoms with E-state index in [1.165, 1.54) is 45.5 Å². The Hall–Kier alpha value is -10.9. The second kappa shape index (κ2) is 22.9. The second-order valence-electron chi connectivity index (χ2n) is 22.4. The number of rotatable bonds is 7. The SMILES string of the molecule is N#Cc1cccc(-c2ccc(-n3c4ccc(-c5cc(C(F)(F)F)cc(C(F)(F)F)c5)cc4c4cc(-c5cc(C(F)(F)F)cc(C(F)(F)F)c5)ccc43)c(C#N)c2-n2c3ccc(-c4cc(C(F)(F)F)cc(C(F)(F)F)c4)cc3c3cc(-c4cc(C(F)(F)F)cc(C(F)(F)F)c4)ccc32)c1. The lowest BCUT2D eigenvalue weighted by Crippen LogP contribution is -2.11. The molecule has 0 aliphatic heterocycles. The van der Waals surface area contributed by atoms with Crippen molar-refractivity contribution in [2.75, 3.05) is 0 Å². The number of benzene rings is 10. The number of aromatic nitrogens is 2. The molecular weight excluding hydrogens is 1350 g/mol. The first kappa shape index (κ1) is 67.1. The molecule has 12 aromatic rings. The number of nitriles is 2. The second-order valence-corrected chi connectivity index (χ2v) is 22.4. The minimum absolute atomic E-state index is 0.0184. The average Bonchev–Trinajstić information content (AvgIpc) is 1.55. The molecule has 0 amide bonds. The van der Waals surface area contributed by atoms with E-state index in [4.69, 9.17) is 0 Å². The van der Waals surface area contributed by atoms with Crippen LogP contribution in [0.1, 0.15) is 55.6 Å². The van der Waals surface area contributed by atoms with Crippen LogP contribution in [0, 0.1) is 22.7 Å². The lowest BCUT2D eigenvalue weighted by atomic mass is 9.96. The molecule has 4 nitrogen and oxygen atoms in total. The fourth-order valence-electron chi connectivity index (χ4n) is 11.9. The van der Waals surface area contributed by atoms with E-state index >= 15 is 0 Å². The maximum atomic E-state index is 14.4. The Labute approximate surface area is 533 Å². The zero-order valence-corrected chi connectivity index (χ0v) is 48.2. The predicted octanol–water partition coefficient (Wildman–Crippen LogP) is 24.1. The molecule has 0 spiro atoms. The summed E-state index contributed by atoms with van der Waals surface area (Å²) < 4.78 is 347. The Morgan fingerprint density at radius 2 is 0.520 bits per heavy atom. The molecular formula is C70H30F24N4. The van der Waals surface area contributed by atoms with Crippen LogP contribution in [0.5, 0.6) is 0 Å². The van der Waals surface area contributed by atoms with Gasteiger partial charge in [0, 0.05) is 27.1 Å². The molecule has 0 unspecified atom stereocenters. The molecule has 0 aliphatic carbocycles. The van der Waals surface area contributed by atoms with Gasteiger partial charge in [0.2, 0.25) is 0 Å². The smallest absolute Gasteiger partial charge is 0.308 e. The van der Waals surface area contributed by atoms with E-state index in [2.05, 4.69) is 6.07 Å². The zero-order valence-electron chi connectivity index (χ0n) is 48.2. The van der Waals surface area contributed by atoms with E-state index in [0.29, 0.717) is 48.5 Å². The minimum atomic E-state index is -5.39. The van der Waals surface area contributed by atoms with Gasteiger partial charge in [-0.2, -0.15) is 116 Å². The molecule has 98 heavy (non-hydrogen) atoms. The van der Waals surface area contributed by atoms with Crippen molar-refractivity contribution in [2.45, 2.75) is 49.4 Å². The third-order valence-electron chi connectivity index (χ3n) is 16.2. The topological polar surface area (TPSA) is 57.4 Å². The molecule has 0 N–H and O–H groups in total. The van der Waals surface area contributed by atoms with E-state index in [-0.39, 0.29) is 107 Å². The summed E-state index contributed by atoms with van der Waals surface area (Å²) in [4.78, 5) is 0. The Kier molecular flexibility index (Phi) is 15.7. The molecule has 28 heteroatoms. The maximum absolute atomic E-state index is 14.4. The van der Waals surface area contributed by atoms with E-state index in [9.17, 15) is 116 Å². The Bertz CT molecular complexity index is 4970. The summed E-state index contributed by atoms with van der Waals surface area (Å²) in [7, 11) is 0. The molecule has 0 saturated carbocycles. The highest BCUT2D eigenvalue weighted by Gasteiger charge is 2.42. The molecule has 0 fully saturated rings. The predicted molar refractivity (Wildman–Crippen MR) is 312 cm³/mol. The number of hydrogen-bond donors (Lipinski definition) is 0. The molecule has 0 atom stereocenters. The van der Waals surface area contributed by atoms with Crippen molar-refractivity contribution in [3.8, 4) is 79.1 Å². The summed E-state index contributed by atoms with van der Waals surface area (Å²) >= 11 is 0. The van der Waals surface area contributed by atoms with Gasteiger partial charge in [-0.3, -0.25) is 0 Å². The molecule has 498 valence electrons. The lowest BCUT2D eigenvalue weighted by molar-refractivity contribution is -0.144. The van der Waals surface area contributed by atoms with Gasteiger partial charge in [-0.25, -0.2) is 0 Å². The van der Waals surface area contributed by atoms with Crippen molar-refractivity contribution in [3.63, 3.8) is 0 Å². The minimum Gasteiger partial charge on any atom is -0.308 e. The van der Waals surface area contributed by atoms with Gasteiger partial charge in [-0.05, 0) is 190 Å². The first-order valence-electron chi connectivity index (χ1n) is 27.9. The standard InChI is InChI=1S/C70H30F24N4/c71-63(72,73)43-15-39(16-44(27-43)64(74,75)76)34-4-9-57-52(23-34)53-24-35(40-17-45(65(77,78)79)28-46(18-40)66(80,81)82)5-10-58(53)97(57)61-13-8-51(38-3-1-2-33(14-38)31-95)62(56(61)32-96)98-59-11-6-36(41-19-47(67(83,84)85)29-48(20-41)68(86,87)88)25-54(59)55-26-37(7-12-60(55)98)42-21-49(69(89,90)91)30-50(22-42)70(92,93)94/h1-30H. The molecule has 2 heterocycles. The quantitative estimate of drug-likeness (QED) is 0.149. The van der Waals surface area contributed by atoms with Gasteiger partial charge in [-0.1, -0.05) is 42.5 Å².